The summed E-state index contributed by atoms with van der Waals surface area (Å²) in [6, 6.07) is 7.82. The molecule has 3 heterocycles. The Morgan fingerprint density at radius 3 is 2.20 bits per heavy atom. The number of likely N-dealkylation sites (tertiary alicyclic amines) is 1. The number of carbonyl (C=O) groups excluding carboxylic acids is 2. The quantitative estimate of drug-likeness (QED) is 0.762. The minimum Gasteiger partial charge on any atom is -0.325 e. The third-order valence-electron chi connectivity index (χ3n) is 5.37. The Labute approximate surface area is 185 Å². The maximum atomic E-state index is 12.6. The molecule has 0 aliphatic carbocycles. The van der Waals surface area contributed by atoms with E-state index in [1.807, 2.05) is 46.4 Å². The second kappa shape index (κ2) is 9.70. The van der Waals surface area contributed by atoms with Gasteiger partial charge in [-0.3, -0.25) is 0 Å². The molecule has 1 N–H and O–H groups in total. The Morgan fingerprint density at radius 2 is 1.57 bits per heavy atom. The largest absolute Gasteiger partial charge is 0.325 e. The van der Waals surface area contributed by atoms with Gasteiger partial charge in [0.05, 0.1) is 0 Å². The Hall–Kier alpha value is -2.26. The highest BCUT2D eigenvalue weighted by molar-refractivity contribution is 8.01. The summed E-state index contributed by atoms with van der Waals surface area (Å²) in [5.74, 6) is 0. The van der Waals surface area contributed by atoms with E-state index < -0.39 is 0 Å². The zero-order valence-corrected chi connectivity index (χ0v) is 18.8. The van der Waals surface area contributed by atoms with Crippen molar-refractivity contribution in [1.82, 2.24) is 19.7 Å². The van der Waals surface area contributed by atoms with Crippen molar-refractivity contribution in [1.29, 1.82) is 0 Å². The Kier molecular flexibility index (Phi) is 6.79. The highest BCUT2D eigenvalue weighted by atomic mass is 32.2. The van der Waals surface area contributed by atoms with Gasteiger partial charge in [-0.15, -0.1) is 11.3 Å². The Bertz CT molecular complexity index is 872. The van der Waals surface area contributed by atoms with E-state index in [-0.39, 0.29) is 12.1 Å². The minimum absolute atomic E-state index is 0.115. The number of hydrogen-bond donors (Lipinski definition) is 1. The molecule has 2 aromatic rings. The molecule has 0 saturated carbocycles. The number of urea groups is 2. The summed E-state index contributed by atoms with van der Waals surface area (Å²) in [6.45, 7) is 6.00. The maximum absolute atomic E-state index is 12.6. The number of aromatic nitrogens is 1. The van der Waals surface area contributed by atoms with Crippen molar-refractivity contribution in [3.63, 3.8) is 0 Å². The lowest BCUT2D eigenvalue weighted by Crippen LogP contribution is -2.55. The molecule has 7 nitrogen and oxygen atoms in total. The normalized spacial score (nSPS) is 17.2. The van der Waals surface area contributed by atoms with Crippen LogP contribution in [0.25, 0.3) is 0 Å². The lowest BCUT2D eigenvalue weighted by Gasteiger charge is -2.38. The summed E-state index contributed by atoms with van der Waals surface area (Å²) in [5, 5.41) is 5.00. The van der Waals surface area contributed by atoms with Gasteiger partial charge >= 0.3 is 12.1 Å². The van der Waals surface area contributed by atoms with Gasteiger partial charge in [-0.25, -0.2) is 14.6 Å². The summed E-state index contributed by atoms with van der Waals surface area (Å²) in [7, 11) is 0. The first-order valence-electron chi connectivity index (χ1n) is 10.4. The fourth-order valence-electron chi connectivity index (χ4n) is 3.67. The number of hydrogen-bond acceptors (Lipinski definition) is 5. The number of aryl methyl sites for hydroxylation is 1. The van der Waals surface area contributed by atoms with Crippen LogP contribution in [0.4, 0.5) is 15.3 Å². The molecule has 0 atom stereocenters. The molecule has 0 bridgehead atoms. The van der Waals surface area contributed by atoms with Gasteiger partial charge in [0.2, 0.25) is 0 Å². The van der Waals surface area contributed by atoms with Crippen molar-refractivity contribution >= 4 is 40.8 Å². The van der Waals surface area contributed by atoms with E-state index in [4.69, 9.17) is 0 Å². The predicted molar refractivity (Wildman–Crippen MR) is 120 cm³/mol. The van der Waals surface area contributed by atoms with Gasteiger partial charge in [0, 0.05) is 60.9 Å². The number of rotatable bonds is 3. The molecule has 2 fully saturated rings. The second-order valence-electron chi connectivity index (χ2n) is 7.62. The van der Waals surface area contributed by atoms with Gasteiger partial charge < -0.3 is 20.0 Å². The fraction of sp³-hybridized carbons (Fsp3) is 0.476. The van der Waals surface area contributed by atoms with Crippen LogP contribution < -0.4 is 5.32 Å². The molecule has 2 saturated heterocycles. The first kappa shape index (κ1) is 21.0. The Balaban J connectivity index is 1.25. The van der Waals surface area contributed by atoms with Crippen LogP contribution in [0.1, 0.15) is 25.0 Å². The number of nitrogens with one attached hydrogen (secondary N) is 1. The second-order valence-corrected chi connectivity index (χ2v) is 9.79. The molecule has 2 aliphatic rings. The van der Waals surface area contributed by atoms with Crippen LogP contribution >= 0.6 is 23.1 Å². The van der Waals surface area contributed by atoms with Gasteiger partial charge in [-0.1, -0.05) is 11.8 Å². The zero-order valence-electron chi connectivity index (χ0n) is 17.2. The molecule has 9 heteroatoms. The van der Waals surface area contributed by atoms with E-state index in [2.05, 4.69) is 10.3 Å². The molecule has 1 aromatic carbocycles. The fourth-order valence-corrected chi connectivity index (χ4v) is 5.48. The minimum atomic E-state index is -0.115. The van der Waals surface area contributed by atoms with E-state index in [1.165, 1.54) is 6.42 Å². The molecule has 4 amide bonds. The molecular weight excluding hydrogens is 418 g/mol. The van der Waals surface area contributed by atoms with Crippen molar-refractivity contribution in [2.24, 2.45) is 0 Å². The number of piperazine rings is 1. The molecule has 2 aliphatic heterocycles. The molecule has 1 aromatic heterocycles. The molecule has 0 spiro atoms. The number of anilines is 1. The number of benzene rings is 1. The summed E-state index contributed by atoms with van der Waals surface area (Å²) in [4.78, 5) is 36.4. The molecule has 0 radical (unpaired) electrons. The molecule has 30 heavy (non-hydrogen) atoms. The van der Waals surface area contributed by atoms with Gasteiger partial charge in [-0.2, -0.15) is 0 Å². The lowest BCUT2D eigenvalue weighted by atomic mass is 10.1. The predicted octanol–water partition coefficient (Wildman–Crippen LogP) is 4.36. The first-order valence-corrected chi connectivity index (χ1v) is 12.1. The van der Waals surface area contributed by atoms with Gasteiger partial charge in [0.15, 0.2) is 4.34 Å². The van der Waals surface area contributed by atoms with Gasteiger partial charge in [0.1, 0.15) is 0 Å². The van der Waals surface area contributed by atoms with Crippen LogP contribution in [0.3, 0.4) is 0 Å². The highest BCUT2D eigenvalue weighted by Gasteiger charge is 2.27. The Morgan fingerprint density at radius 1 is 0.933 bits per heavy atom. The third kappa shape index (κ3) is 5.26. The van der Waals surface area contributed by atoms with Crippen molar-refractivity contribution < 1.29 is 9.59 Å². The first-order chi connectivity index (χ1) is 14.6. The third-order valence-corrected chi connectivity index (χ3v) is 7.44. The van der Waals surface area contributed by atoms with Gasteiger partial charge in [-0.05, 0) is 50.5 Å². The number of nitrogens with zero attached hydrogens (tertiary/aromatic N) is 4. The lowest BCUT2D eigenvalue weighted by molar-refractivity contribution is 0.116. The van der Waals surface area contributed by atoms with Crippen molar-refractivity contribution in [2.75, 3.05) is 44.6 Å². The van der Waals surface area contributed by atoms with Crippen molar-refractivity contribution in [3.05, 3.63) is 35.3 Å². The van der Waals surface area contributed by atoms with E-state index >= 15 is 0 Å². The van der Waals surface area contributed by atoms with Crippen LogP contribution in [0.2, 0.25) is 0 Å². The van der Waals surface area contributed by atoms with Gasteiger partial charge in [0.25, 0.3) is 0 Å². The van der Waals surface area contributed by atoms with E-state index in [0.29, 0.717) is 26.2 Å². The molecule has 160 valence electrons. The highest BCUT2D eigenvalue weighted by Crippen LogP contribution is 2.30. The number of carbonyl (C=O) groups is 2. The van der Waals surface area contributed by atoms with Crippen LogP contribution in [0.5, 0.6) is 0 Å². The topological polar surface area (TPSA) is 68.8 Å². The summed E-state index contributed by atoms with van der Waals surface area (Å²) >= 11 is 3.26. The SMILES string of the molecule is Cc1csc(Sc2ccc(NC(=O)N3CCN(C(=O)N4CCCCC4)CC3)cc2)n1. The summed E-state index contributed by atoms with van der Waals surface area (Å²) < 4.78 is 1.02. The average Bonchev–Trinajstić information content (AvgIpc) is 3.20. The van der Waals surface area contributed by atoms with Crippen LogP contribution in [-0.4, -0.2) is 71.0 Å². The zero-order chi connectivity index (χ0) is 20.9. The molecular formula is C21H27N5O2S2. The standard InChI is InChI=1S/C21H27N5O2S2/c1-16-15-29-20(22-16)30-18-7-5-17(6-8-18)23-19(27)24-11-13-26(14-12-24)21(28)25-9-3-2-4-10-25/h5-8,15H,2-4,9-14H2,1H3,(H,23,27). The number of piperidine rings is 1. The van der Waals surface area contributed by atoms with Crippen molar-refractivity contribution in [2.45, 2.75) is 35.4 Å². The summed E-state index contributed by atoms with van der Waals surface area (Å²) in [5.41, 5.74) is 1.80. The van der Waals surface area contributed by atoms with Crippen LogP contribution in [-0.2, 0) is 0 Å². The summed E-state index contributed by atoms with van der Waals surface area (Å²) in [6.07, 6.45) is 3.39. The van der Waals surface area contributed by atoms with E-state index in [9.17, 15) is 9.59 Å². The average molecular weight is 446 g/mol. The number of amides is 4. The smallest absolute Gasteiger partial charge is 0.321 e. The van der Waals surface area contributed by atoms with Crippen molar-refractivity contribution in [3.8, 4) is 0 Å². The van der Waals surface area contributed by atoms with E-state index in [1.54, 1.807) is 28.0 Å². The van der Waals surface area contributed by atoms with Crippen LogP contribution in [0, 0.1) is 6.92 Å². The maximum Gasteiger partial charge on any atom is 0.321 e. The van der Waals surface area contributed by atoms with E-state index in [0.717, 1.165) is 46.5 Å². The monoisotopic (exact) mass is 445 g/mol. The number of thiazole rings is 1. The van der Waals surface area contributed by atoms with Crippen LogP contribution in [0.15, 0.2) is 38.9 Å². The molecule has 4 rings (SSSR count). The molecule has 0 unspecified atom stereocenters.